The Morgan fingerprint density at radius 1 is 1.15 bits per heavy atom. The molecule has 1 atom stereocenters. The Balaban J connectivity index is 1.68. The van der Waals surface area contributed by atoms with E-state index in [9.17, 15) is 19.8 Å². The zero-order chi connectivity index (χ0) is 18.4. The van der Waals surface area contributed by atoms with Crippen molar-refractivity contribution in [2.75, 3.05) is 13.4 Å². The second-order valence-corrected chi connectivity index (χ2v) is 6.32. The molecule has 0 fully saturated rings. The van der Waals surface area contributed by atoms with Gasteiger partial charge >= 0.3 is 0 Å². The molecule has 0 saturated carbocycles. The highest BCUT2D eigenvalue weighted by molar-refractivity contribution is 6.07. The first-order chi connectivity index (χ1) is 12.5. The predicted molar refractivity (Wildman–Crippen MR) is 89.5 cm³/mol. The first kappa shape index (κ1) is 16.3. The molecule has 0 saturated heterocycles. The number of phenols is 2. The maximum absolute atomic E-state index is 12.9. The van der Waals surface area contributed by atoms with Crippen LogP contribution in [0.5, 0.6) is 28.7 Å². The van der Waals surface area contributed by atoms with Gasteiger partial charge in [-0.1, -0.05) is 6.07 Å². The molecule has 2 heterocycles. The Morgan fingerprint density at radius 2 is 1.92 bits per heavy atom. The van der Waals surface area contributed by atoms with Gasteiger partial charge in [0.1, 0.15) is 22.8 Å². The largest absolute Gasteiger partial charge is 0.507 e. The number of phenolic OH excluding ortho intramolecular Hbond substituents is 2. The number of carbonyl (C=O) groups is 2. The van der Waals surface area contributed by atoms with E-state index in [1.165, 1.54) is 6.92 Å². The molecule has 0 unspecified atom stereocenters. The van der Waals surface area contributed by atoms with Crippen LogP contribution in [-0.2, 0) is 6.42 Å². The van der Waals surface area contributed by atoms with E-state index in [-0.39, 0.29) is 53.1 Å². The van der Waals surface area contributed by atoms with Gasteiger partial charge in [-0.25, -0.2) is 0 Å². The number of hydrogen-bond donors (Lipinski definition) is 2. The minimum atomic E-state index is -0.530. The van der Waals surface area contributed by atoms with Gasteiger partial charge in [-0.05, 0) is 31.0 Å². The molecule has 4 rings (SSSR count). The summed E-state index contributed by atoms with van der Waals surface area (Å²) in [4.78, 5) is 24.2. The van der Waals surface area contributed by atoms with E-state index in [0.717, 1.165) is 5.56 Å². The van der Waals surface area contributed by atoms with Crippen LogP contribution in [0, 0.1) is 12.8 Å². The number of ether oxygens (including phenoxy) is 3. The number of ketones is 1. The number of rotatable bonds is 3. The standard InChI is InChI=1S/C19H16O7/c1-9-16(21)12(6-20)19-15(17(9)22)18(23)11(7-24-19)4-10-2-3-13-14(5-10)26-8-25-13/h2-3,5-6,11,21-22H,4,7-8H2,1H3/t11-/m1/s1. The molecule has 0 aliphatic carbocycles. The molecular weight excluding hydrogens is 340 g/mol. The molecule has 2 aliphatic rings. The summed E-state index contributed by atoms with van der Waals surface area (Å²) in [5.74, 6) is -0.372. The molecule has 7 heteroatoms. The molecule has 2 aliphatic heterocycles. The average Bonchev–Trinajstić information content (AvgIpc) is 3.10. The highest BCUT2D eigenvalue weighted by Crippen LogP contribution is 2.45. The van der Waals surface area contributed by atoms with Crippen LogP contribution in [0.25, 0.3) is 0 Å². The number of Topliss-reactive ketones (excluding diaryl/α,β-unsaturated/α-hetero) is 1. The van der Waals surface area contributed by atoms with E-state index >= 15 is 0 Å². The minimum Gasteiger partial charge on any atom is -0.507 e. The van der Waals surface area contributed by atoms with E-state index in [2.05, 4.69) is 0 Å². The van der Waals surface area contributed by atoms with Gasteiger partial charge in [0.2, 0.25) is 6.79 Å². The lowest BCUT2D eigenvalue weighted by Gasteiger charge is -2.27. The van der Waals surface area contributed by atoms with Crippen molar-refractivity contribution in [2.24, 2.45) is 5.92 Å². The van der Waals surface area contributed by atoms with Gasteiger partial charge in [-0.2, -0.15) is 0 Å². The molecule has 2 aromatic rings. The number of hydrogen-bond acceptors (Lipinski definition) is 7. The number of benzene rings is 2. The van der Waals surface area contributed by atoms with Crippen molar-refractivity contribution in [3.63, 3.8) is 0 Å². The topological polar surface area (TPSA) is 102 Å². The van der Waals surface area contributed by atoms with Crippen molar-refractivity contribution < 1.29 is 34.0 Å². The van der Waals surface area contributed by atoms with Gasteiger partial charge < -0.3 is 24.4 Å². The molecular formula is C19H16O7. The maximum atomic E-state index is 12.9. The molecule has 0 bridgehead atoms. The van der Waals surface area contributed by atoms with Crippen molar-refractivity contribution in [2.45, 2.75) is 13.3 Å². The lowest BCUT2D eigenvalue weighted by molar-refractivity contribution is 0.0824. The molecule has 0 spiro atoms. The van der Waals surface area contributed by atoms with Crippen molar-refractivity contribution >= 4 is 12.1 Å². The average molecular weight is 356 g/mol. The third-order valence-electron chi connectivity index (χ3n) is 4.76. The molecule has 2 N–H and O–H groups in total. The Bertz CT molecular complexity index is 932. The van der Waals surface area contributed by atoms with E-state index in [0.29, 0.717) is 24.2 Å². The number of carbonyl (C=O) groups excluding carboxylic acids is 2. The first-order valence-electron chi connectivity index (χ1n) is 8.10. The van der Waals surface area contributed by atoms with E-state index < -0.39 is 5.92 Å². The highest BCUT2D eigenvalue weighted by atomic mass is 16.7. The van der Waals surface area contributed by atoms with Crippen LogP contribution < -0.4 is 14.2 Å². The van der Waals surface area contributed by atoms with Crippen molar-refractivity contribution in [3.8, 4) is 28.7 Å². The summed E-state index contributed by atoms with van der Waals surface area (Å²) in [5.41, 5.74) is 0.765. The zero-order valence-electron chi connectivity index (χ0n) is 13.9. The number of aldehydes is 1. The van der Waals surface area contributed by atoms with E-state index in [1.807, 2.05) is 12.1 Å². The van der Waals surface area contributed by atoms with Crippen molar-refractivity contribution in [1.82, 2.24) is 0 Å². The summed E-state index contributed by atoms with van der Waals surface area (Å²) in [6.07, 6.45) is 0.802. The van der Waals surface area contributed by atoms with Crippen molar-refractivity contribution in [1.29, 1.82) is 0 Å². The van der Waals surface area contributed by atoms with Gasteiger partial charge in [-0.3, -0.25) is 9.59 Å². The van der Waals surface area contributed by atoms with Crippen molar-refractivity contribution in [3.05, 3.63) is 40.5 Å². The third kappa shape index (κ3) is 2.35. The lowest BCUT2D eigenvalue weighted by atomic mass is 9.86. The van der Waals surface area contributed by atoms with E-state index in [4.69, 9.17) is 14.2 Å². The second kappa shape index (κ2) is 5.94. The molecule has 26 heavy (non-hydrogen) atoms. The highest BCUT2D eigenvalue weighted by Gasteiger charge is 2.36. The van der Waals surface area contributed by atoms with Crippen LogP contribution >= 0.6 is 0 Å². The summed E-state index contributed by atoms with van der Waals surface area (Å²) in [6.45, 7) is 1.65. The third-order valence-corrected chi connectivity index (χ3v) is 4.76. The van der Waals surface area contributed by atoms with Crippen LogP contribution in [0.15, 0.2) is 18.2 Å². The van der Waals surface area contributed by atoms with Crippen LogP contribution in [-0.4, -0.2) is 35.7 Å². The number of fused-ring (bicyclic) bond motifs is 2. The second-order valence-electron chi connectivity index (χ2n) is 6.32. The quantitative estimate of drug-likeness (QED) is 0.814. The van der Waals surface area contributed by atoms with E-state index in [1.54, 1.807) is 6.07 Å². The lowest BCUT2D eigenvalue weighted by Crippen LogP contribution is -2.30. The predicted octanol–water partition coefficient (Wildman–Crippen LogP) is 2.38. The Morgan fingerprint density at radius 3 is 2.69 bits per heavy atom. The first-order valence-corrected chi connectivity index (χ1v) is 8.10. The molecule has 2 aromatic carbocycles. The normalized spacial score (nSPS) is 17.6. The summed E-state index contributed by atoms with van der Waals surface area (Å²) < 4.78 is 16.2. The van der Waals surface area contributed by atoms with Crippen LogP contribution in [0.3, 0.4) is 0 Å². The van der Waals surface area contributed by atoms with Crippen LogP contribution in [0.2, 0.25) is 0 Å². The molecule has 0 amide bonds. The Labute approximate surface area is 148 Å². The zero-order valence-corrected chi connectivity index (χ0v) is 13.9. The smallest absolute Gasteiger partial charge is 0.231 e. The van der Waals surface area contributed by atoms with Gasteiger partial charge in [0.15, 0.2) is 23.6 Å². The fourth-order valence-corrected chi connectivity index (χ4v) is 3.31. The molecule has 0 aromatic heterocycles. The van der Waals surface area contributed by atoms with Crippen LogP contribution in [0.4, 0.5) is 0 Å². The Hall–Kier alpha value is -3.22. The van der Waals surface area contributed by atoms with Gasteiger partial charge in [0.05, 0.1) is 18.1 Å². The van der Waals surface area contributed by atoms with Gasteiger partial charge in [-0.15, -0.1) is 0 Å². The number of aromatic hydroxyl groups is 2. The fraction of sp³-hybridized carbons (Fsp3) is 0.263. The molecule has 134 valence electrons. The summed E-state index contributed by atoms with van der Waals surface area (Å²) >= 11 is 0. The minimum absolute atomic E-state index is 0.0447. The van der Waals surface area contributed by atoms with Gasteiger partial charge in [0.25, 0.3) is 0 Å². The fourth-order valence-electron chi connectivity index (χ4n) is 3.31. The maximum Gasteiger partial charge on any atom is 0.231 e. The summed E-state index contributed by atoms with van der Waals surface area (Å²) in [5, 5.41) is 20.3. The summed E-state index contributed by atoms with van der Waals surface area (Å²) in [7, 11) is 0. The molecule has 0 radical (unpaired) electrons. The Kier molecular flexibility index (Phi) is 3.72. The van der Waals surface area contributed by atoms with Gasteiger partial charge in [0, 0.05) is 5.56 Å². The summed E-state index contributed by atoms with van der Waals surface area (Å²) in [6, 6.07) is 5.43. The molecule has 7 nitrogen and oxygen atoms in total. The SMILES string of the molecule is Cc1c(O)c(C=O)c2c(c1O)C(=O)[C@H](Cc1ccc3c(c1)OCO3)CO2. The van der Waals surface area contributed by atoms with Crippen LogP contribution in [0.1, 0.15) is 31.8 Å². The monoisotopic (exact) mass is 356 g/mol.